The van der Waals surface area contributed by atoms with Gasteiger partial charge in [-0.05, 0) is 29.8 Å². The van der Waals surface area contributed by atoms with Crippen molar-refractivity contribution in [2.75, 3.05) is 18.5 Å². The number of fused-ring (bicyclic) bond motifs is 4. The van der Waals surface area contributed by atoms with Crippen LogP contribution in [0, 0.1) is 0 Å². The molecule has 0 radical (unpaired) electrons. The van der Waals surface area contributed by atoms with Crippen molar-refractivity contribution in [1.82, 2.24) is 24.7 Å². The summed E-state index contributed by atoms with van der Waals surface area (Å²) < 4.78 is 13.3. The Hall–Kier alpha value is -4.44. The van der Waals surface area contributed by atoms with Crippen LogP contribution in [0.5, 0.6) is 11.5 Å². The van der Waals surface area contributed by atoms with Crippen molar-refractivity contribution in [3.63, 3.8) is 0 Å². The largest absolute Gasteiger partial charge is 0.486 e. The summed E-state index contributed by atoms with van der Waals surface area (Å²) in [7, 11) is 0. The second kappa shape index (κ2) is 8.16. The monoisotopic (exact) mass is 456 g/mol. The summed E-state index contributed by atoms with van der Waals surface area (Å²) >= 11 is 0. The summed E-state index contributed by atoms with van der Waals surface area (Å²) in [4.78, 5) is 22.5. The van der Waals surface area contributed by atoms with Gasteiger partial charge in [0, 0.05) is 12.4 Å². The van der Waals surface area contributed by atoms with Gasteiger partial charge in [0.1, 0.15) is 18.2 Å². The molecule has 2 aromatic carbocycles. The molecule has 0 fully saturated rings. The molecule has 34 heavy (non-hydrogen) atoms. The van der Waals surface area contributed by atoms with Gasteiger partial charge in [-0.3, -0.25) is 14.5 Å². The first kappa shape index (κ1) is 20.2. The van der Waals surface area contributed by atoms with Gasteiger partial charge in [0.25, 0.3) is 5.56 Å². The van der Waals surface area contributed by atoms with Crippen LogP contribution < -0.4 is 20.3 Å². The molecule has 0 spiro atoms. The molecule has 0 unspecified atom stereocenters. The molecule has 3 aromatic heterocycles. The van der Waals surface area contributed by atoms with Gasteiger partial charge < -0.3 is 19.9 Å². The lowest BCUT2D eigenvalue weighted by Gasteiger charge is -2.26. The molecule has 0 amide bonds. The van der Waals surface area contributed by atoms with Gasteiger partial charge in [0.2, 0.25) is 5.95 Å². The molecule has 170 valence electrons. The van der Waals surface area contributed by atoms with Gasteiger partial charge in [0.15, 0.2) is 17.1 Å². The van der Waals surface area contributed by atoms with E-state index >= 15 is 0 Å². The van der Waals surface area contributed by atoms with Crippen molar-refractivity contribution < 1.29 is 14.6 Å². The number of aliphatic hydroxyl groups excluding tert-OH is 1. The third kappa shape index (κ3) is 3.41. The van der Waals surface area contributed by atoms with Gasteiger partial charge in [-0.25, -0.2) is 4.98 Å². The highest BCUT2D eigenvalue weighted by atomic mass is 16.6. The van der Waals surface area contributed by atoms with Crippen LogP contribution in [-0.4, -0.2) is 49.1 Å². The highest BCUT2D eigenvalue weighted by Gasteiger charge is 2.21. The number of aromatic nitrogens is 5. The molecular weight excluding hydrogens is 436 g/mol. The molecule has 1 aliphatic rings. The molecule has 1 atom stereocenters. The summed E-state index contributed by atoms with van der Waals surface area (Å²) in [6.07, 6.45) is 2.98. The molecule has 0 bridgehead atoms. The normalized spacial score (nSPS) is 15.0. The Labute approximate surface area is 192 Å². The highest BCUT2D eigenvalue weighted by Crippen LogP contribution is 2.31. The quantitative estimate of drug-likeness (QED) is 0.368. The standard InChI is InChI=1S/C24H20N6O4/c31-12-14-4-3-5-15(8-14)30-22-17(21-18(23(30)32)11-27-29-21)10-26-24(28-22)25-9-16-13-33-19-6-1-2-7-20(19)34-16/h1-8,10-11,16,31H,9,12-13H2,(H,27,29)(H,25,26,28)/t16-/m0/s1. The fraction of sp³-hybridized carbons (Fsp3) is 0.167. The van der Waals surface area contributed by atoms with E-state index in [0.29, 0.717) is 58.0 Å². The first-order valence-corrected chi connectivity index (χ1v) is 10.8. The summed E-state index contributed by atoms with van der Waals surface area (Å²) in [5.74, 6) is 1.76. The van der Waals surface area contributed by atoms with E-state index in [2.05, 4.69) is 25.5 Å². The van der Waals surface area contributed by atoms with Crippen LogP contribution in [0.3, 0.4) is 0 Å². The Bertz CT molecular complexity index is 1580. The Balaban J connectivity index is 1.38. The number of aromatic amines is 1. The number of pyridine rings is 1. The van der Waals surface area contributed by atoms with E-state index in [9.17, 15) is 9.90 Å². The van der Waals surface area contributed by atoms with Crippen molar-refractivity contribution in [2.24, 2.45) is 0 Å². The average Bonchev–Trinajstić information content (AvgIpc) is 3.38. The van der Waals surface area contributed by atoms with E-state index in [1.54, 1.807) is 36.7 Å². The molecule has 0 saturated heterocycles. The lowest BCUT2D eigenvalue weighted by molar-refractivity contribution is 0.0996. The van der Waals surface area contributed by atoms with E-state index in [-0.39, 0.29) is 18.3 Å². The van der Waals surface area contributed by atoms with E-state index in [0.717, 1.165) is 5.75 Å². The van der Waals surface area contributed by atoms with E-state index in [1.165, 1.54) is 4.57 Å². The lowest BCUT2D eigenvalue weighted by Crippen LogP contribution is -2.35. The molecule has 10 heteroatoms. The Kier molecular flexibility index (Phi) is 4.84. The van der Waals surface area contributed by atoms with Crippen molar-refractivity contribution in [3.05, 3.63) is 76.8 Å². The molecule has 0 saturated carbocycles. The van der Waals surface area contributed by atoms with Gasteiger partial charge in [-0.1, -0.05) is 24.3 Å². The molecule has 4 heterocycles. The number of nitrogens with zero attached hydrogens (tertiary/aromatic N) is 4. The maximum atomic E-state index is 13.4. The number of hydrogen-bond donors (Lipinski definition) is 3. The third-order valence-electron chi connectivity index (χ3n) is 5.72. The van der Waals surface area contributed by atoms with Crippen LogP contribution in [-0.2, 0) is 6.61 Å². The number of nitrogens with one attached hydrogen (secondary N) is 2. The number of H-pyrrole nitrogens is 1. The fourth-order valence-electron chi connectivity index (χ4n) is 4.07. The van der Waals surface area contributed by atoms with Gasteiger partial charge in [-0.15, -0.1) is 0 Å². The zero-order valence-corrected chi connectivity index (χ0v) is 17.9. The van der Waals surface area contributed by atoms with Crippen LogP contribution in [0.1, 0.15) is 5.56 Å². The van der Waals surface area contributed by atoms with E-state index in [1.807, 2.05) is 24.3 Å². The Morgan fingerprint density at radius 3 is 2.91 bits per heavy atom. The third-order valence-corrected chi connectivity index (χ3v) is 5.72. The molecule has 6 rings (SSSR count). The summed E-state index contributed by atoms with van der Waals surface area (Å²) in [5.41, 5.74) is 1.92. The summed E-state index contributed by atoms with van der Waals surface area (Å²) in [6, 6.07) is 14.7. The fourth-order valence-corrected chi connectivity index (χ4v) is 4.07. The number of benzene rings is 2. The second-order valence-electron chi connectivity index (χ2n) is 7.93. The van der Waals surface area contributed by atoms with E-state index in [4.69, 9.17) is 9.47 Å². The van der Waals surface area contributed by atoms with Crippen molar-refractivity contribution >= 4 is 27.9 Å². The van der Waals surface area contributed by atoms with E-state index < -0.39 is 0 Å². The van der Waals surface area contributed by atoms with Gasteiger partial charge >= 0.3 is 0 Å². The van der Waals surface area contributed by atoms with Gasteiger partial charge in [0.05, 0.1) is 29.6 Å². The predicted octanol–water partition coefficient (Wildman–Crippen LogP) is 2.40. The zero-order chi connectivity index (χ0) is 23.1. The molecule has 0 aliphatic carbocycles. The number of anilines is 1. The predicted molar refractivity (Wildman–Crippen MR) is 126 cm³/mol. The van der Waals surface area contributed by atoms with Crippen LogP contribution in [0.2, 0.25) is 0 Å². The Morgan fingerprint density at radius 2 is 2.03 bits per heavy atom. The molecule has 5 aromatic rings. The maximum Gasteiger partial charge on any atom is 0.267 e. The Morgan fingerprint density at radius 1 is 1.15 bits per heavy atom. The van der Waals surface area contributed by atoms with Crippen molar-refractivity contribution in [3.8, 4) is 17.2 Å². The number of hydrogen-bond acceptors (Lipinski definition) is 8. The number of rotatable bonds is 5. The summed E-state index contributed by atoms with van der Waals surface area (Å²) in [5, 5.41) is 20.8. The molecule has 10 nitrogen and oxygen atoms in total. The second-order valence-corrected chi connectivity index (χ2v) is 7.93. The van der Waals surface area contributed by atoms with Gasteiger partial charge in [-0.2, -0.15) is 10.1 Å². The van der Waals surface area contributed by atoms with Crippen LogP contribution in [0.15, 0.2) is 65.7 Å². The average molecular weight is 456 g/mol. The van der Waals surface area contributed by atoms with Crippen molar-refractivity contribution in [1.29, 1.82) is 0 Å². The minimum atomic E-state index is -0.267. The van der Waals surface area contributed by atoms with Crippen molar-refractivity contribution in [2.45, 2.75) is 12.7 Å². The molecule has 3 N–H and O–H groups in total. The van der Waals surface area contributed by atoms with Crippen LogP contribution in [0.4, 0.5) is 5.95 Å². The highest BCUT2D eigenvalue weighted by molar-refractivity contribution is 6.02. The minimum Gasteiger partial charge on any atom is -0.486 e. The first-order chi connectivity index (χ1) is 16.7. The summed E-state index contributed by atoms with van der Waals surface area (Å²) in [6.45, 7) is 0.668. The zero-order valence-electron chi connectivity index (χ0n) is 17.9. The SMILES string of the molecule is O=c1c2c[nH]nc2c2cnc(NC[C@H]3COc4ccccc4O3)nc2n1-c1cccc(CO)c1. The lowest BCUT2D eigenvalue weighted by atomic mass is 10.2. The molecule has 1 aliphatic heterocycles. The number of aliphatic hydroxyl groups is 1. The smallest absolute Gasteiger partial charge is 0.267 e. The maximum absolute atomic E-state index is 13.4. The topological polar surface area (TPSA) is 127 Å². The minimum absolute atomic E-state index is 0.136. The number of ether oxygens (including phenoxy) is 2. The van der Waals surface area contributed by atoms with Crippen LogP contribution in [0.25, 0.3) is 27.6 Å². The van der Waals surface area contributed by atoms with Crippen LogP contribution >= 0.6 is 0 Å². The molecular formula is C24H20N6O4. The number of para-hydroxylation sites is 2. The first-order valence-electron chi connectivity index (χ1n) is 10.8.